The van der Waals surface area contributed by atoms with Gasteiger partial charge in [0.25, 0.3) is 5.89 Å². The van der Waals surface area contributed by atoms with Crippen molar-refractivity contribution in [2.24, 2.45) is 0 Å². The Hall–Kier alpha value is -3.59. The van der Waals surface area contributed by atoms with Crippen LogP contribution in [-0.2, 0) is 29.2 Å². The fraction of sp³-hybridized carbons (Fsp3) is 0.143. The summed E-state index contributed by atoms with van der Waals surface area (Å²) in [6.07, 6.45) is 0.0206. The Kier molecular flexibility index (Phi) is 6.09. The number of rotatable bonds is 8. The highest BCUT2D eigenvalue weighted by molar-refractivity contribution is 7.09. The highest BCUT2D eigenvalue weighted by Crippen LogP contribution is 2.17. The SMILES string of the molecule is O=C(Cc1csc(COc2ccc(F)cc2)n1)OCc1nc(-c2ccccc2)no1. The predicted octanol–water partition coefficient (Wildman–Crippen LogP) is 4.20. The van der Waals surface area contributed by atoms with E-state index in [1.807, 2.05) is 30.3 Å². The van der Waals surface area contributed by atoms with Gasteiger partial charge in [0, 0.05) is 10.9 Å². The molecule has 9 heteroatoms. The third-order valence-corrected chi connectivity index (χ3v) is 4.83. The van der Waals surface area contributed by atoms with E-state index < -0.39 is 5.97 Å². The lowest BCUT2D eigenvalue weighted by molar-refractivity contribution is -0.144. The van der Waals surface area contributed by atoms with E-state index in [0.717, 1.165) is 5.56 Å². The topological polar surface area (TPSA) is 87.3 Å². The van der Waals surface area contributed by atoms with Crippen molar-refractivity contribution < 1.29 is 23.2 Å². The van der Waals surface area contributed by atoms with Crippen LogP contribution in [0, 0.1) is 5.82 Å². The molecule has 0 aliphatic carbocycles. The monoisotopic (exact) mass is 425 g/mol. The average molecular weight is 425 g/mol. The Balaban J connectivity index is 1.24. The zero-order valence-corrected chi connectivity index (χ0v) is 16.5. The molecule has 2 aromatic carbocycles. The highest BCUT2D eigenvalue weighted by atomic mass is 32.1. The summed E-state index contributed by atoms with van der Waals surface area (Å²) in [6.45, 7) is 0.124. The van der Waals surface area contributed by atoms with Crippen LogP contribution in [0.3, 0.4) is 0 Å². The van der Waals surface area contributed by atoms with Crippen LogP contribution in [0.1, 0.15) is 16.6 Å². The largest absolute Gasteiger partial charge is 0.486 e. The molecule has 2 aromatic heterocycles. The number of carbonyl (C=O) groups excluding carboxylic acids is 1. The van der Waals surface area contributed by atoms with Gasteiger partial charge >= 0.3 is 5.97 Å². The number of thiazole rings is 1. The van der Waals surface area contributed by atoms with E-state index in [2.05, 4.69) is 15.1 Å². The van der Waals surface area contributed by atoms with Crippen molar-refractivity contribution in [1.29, 1.82) is 0 Å². The normalized spacial score (nSPS) is 10.7. The maximum atomic E-state index is 12.9. The summed E-state index contributed by atoms with van der Waals surface area (Å²) in [5.74, 6) is 0.419. The molecule has 0 radical (unpaired) electrons. The molecule has 30 heavy (non-hydrogen) atoms. The second kappa shape index (κ2) is 9.27. The van der Waals surface area contributed by atoms with E-state index in [4.69, 9.17) is 14.0 Å². The third-order valence-electron chi connectivity index (χ3n) is 3.96. The van der Waals surface area contributed by atoms with Crippen molar-refractivity contribution in [3.8, 4) is 17.1 Å². The van der Waals surface area contributed by atoms with Crippen LogP contribution < -0.4 is 4.74 Å². The second-order valence-electron chi connectivity index (χ2n) is 6.19. The first-order valence-electron chi connectivity index (χ1n) is 9.01. The Bertz CT molecular complexity index is 1110. The third kappa shape index (κ3) is 5.26. The molecular weight excluding hydrogens is 409 g/mol. The van der Waals surface area contributed by atoms with Crippen molar-refractivity contribution in [2.45, 2.75) is 19.6 Å². The molecule has 0 aliphatic heterocycles. The molecule has 0 atom stereocenters. The van der Waals surface area contributed by atoms with E-state index >= 15 is 0 Å². The summed E-state index contributed by atoms with van der Waals surface area (Å²) in [5, 5.41) is 6.35. The molecular formula is C21H16FN3O4S. The number of hydrogen-bond donors (Lipinski definition) is 0. The van der Waals surface area contributed by atoms with E-state index in [1.54, 1.807) is 17.5 Å². The van der Waals surface area contributed by atoms with Crippen LogP contribution in [0.25, 0.3) is 11.4 Å². The standard InChI is InChI=1S/C21H16FN3O4S/c22-15-6-8-17(9-7-15)27-12-19-23-16(13-30-19)10-20(26)28-11-18-24-21(25-29-18)14-4-2-1-3-5-14/h1-9,13H,10-12H2. The summed E-state index contributed by atoms with van der Waals surface area (Å²) < 4.78 is 28.8. The van der Waals surface area contributed by atoms with Gasteiger partial charge in [-0.15, -0.1) is 11.3 Å². The van der Waals surface area contributed by atoms with Gasteiger partial charge in [-0.3, -0.25) is 4.79 Å². The molecule has 4 aromatic rings. The maximum absolute atomic E-state index is 12.9. The number of benzene rings is 2. The fourth-order valence-corrected chi connectivity index (χ4v) is 3.24. The van der Waals surface area contributed by atoms with E-state index in [1.165, 1.54) is 23.5 Å². The molecule has 4 rings (SSSR count). The highest BCUT2D eigenvalue weighted by Gasteiger charge is 2.13. The van der Waals surface area contributed by atoms with Crippen LogP contribution in [0.5, 0.6) is 5.75 Å². The fourth-order valence-electron chi connectivity index (χ4n) is 2.53. The van der Waals surface area contributed by atoms with Gasteiger partial charge in [-0.05, 0) is 24.3 Å². The van der Waals surface area contributed by atoms with Crippen LogP contribution in [-0.4, -0.2) is 21.1 Å². The lowest BCUT2D eigenvalue weighted by atomic mass is 10.2. The van der Waals surface area contributed by atoms with Crippen LogP contribution in [0.15, 0.2) is 64.5 Å². The van der Waals surface area contributed by atoms with Crippen molar-refractivity contribution in [3.63, 3.8) is 0 Å². The number of aromatic nitrogens is 3. The Morgan fingerprint density at radius 2 is 1.83 bits per heavy atom. The Morgan fingerprint density at radius 1 is 1.03 bits per heavy atom. The molecule has 2 heterocycles. The van der Waals surface area contributed by atoms with Gasteiger partial charge in [0.05, 0.1) is 12.1 Å². The molecule has 0 N–H and O–H groups in total. The number of hydrogen-bond acceptors (Lipinski definition) is 8. The van der Waals surface area contributed by atoms with Gasteiger partial charge in [-0.2, -0.15) is 4.98 Å². The lowest BCUT2D eigenvalue weighted by Crippen LogP contribution is -2.08. The smallest absolute Gasteiger partial charge is 0.312 e. The van der Waals surface area contributed by atoms with Crippen LogP contribution >= 0.6 is 11.3 Å². The summed E-state index contributed by atoms with van der Waals surface area (Å²) >= 11 is 1.37. The van der Waals surface area contributed by atoms with E-state index in [9.17, 15) is 9.18 Å². The first kappa shape index (κ1) is 19.7. The molecule has 0 saturated heterocycles. The van der Waals surface area contributed by atoms with Crippen molar-refractivity contribution in [2.75, 3.05) is 0 Å². The minimum Gasteiger partial charge on any atom is -0.486 e. The molecule has 0 unspecified atom stereocenters. The van der Waals surface area contributed by atoms with Crippen LogP contribution in [0.2, 0.25) is 0 Å². The zero-order valence-electron chi connectivity index (χ0n) is 15.7. The maximum Gasteiger partial charge on any atom is 0.312 e. The molecule has 7 nitrogen and oxygen atoms in total. The van der Waals surface area contributed by atoms with Gasteiger partial charge in [-0.1, -0.05) is 35.5 Å². The van der Waals surface area contributed by atoms with E-state index in [-0.39, 0.29) is 31.3 Å². The van der Waals surface area contributed by atoms with Crippen molar-refractivity contribution in [3.05, 3.63) is 82.4 Å². The number of esters is 1. The quantitative estimate of drug-likeness (QED) is 0.391. The van der Waals surface area contributed by atoms with Gasteiger partial charge in [0.2, 0.25) is 5.82 Å². The first-order valence-corrected chi connectivity index (χ1v) is 9.89. The van der Waals surface area contributed by atoms with Crippen molar-refractivity contribution in [1.82, 2.24) is 15.1 Å². The second-order valence-corrected chi connectivity index (χ2v) is 7.13. The average Bonchev–Trinajstić information content (AvgIpc) is 3.42. The molecule has 152 valence electrons. The molecule has 0 saturated carbocycles. The lowest BCUT2D eigenvalue weighted by Gasteiger charge is -2.03. The van der Waals surface area contributed by atoms with Crippen molar-refractivity contribution >= 4 is 17.3 Å². The predicted molar refractivity (Wildman–Crippen MR) is 106 cm³/mol. The van der Waals surface area contributed by atoms with E-state index in [0.29, 0.717) is 22.3 Å². The van der Waals surface area contributed by atoms with Gasteiger partial charge in [-0.25, -0.2) is 9.37 Å². The minimum absolute atomic E-state index is 0.0206. The molecule has 0 spiro atoms. The van der Waals surface area contributed by atoms with Gasteiger partial charge in [0.15, 0.2) is 6.61 Å². The molecule has 0 aliphatic rings. The van der Waals surface area contributed by atoms with Gasteiger partial charge in [0.1, 0.15) is 23.2 Å². The Labute approximate surface area is 175 Å². The molecule has 0 fully saturated rings. The summed E-state index contributed by atoms with van der Waals surface area (Å²) in [7, 11) is 0. The minimum atomic E-state index is -0.453. The summed E-state index contributed by atoms with van der Waals surface area (Å²) in [5.41, 5.74) is 1.40. The molecule has 0 bridgehead atoms. The summed E-state index contributed by atoms with van der Waals surface area (Å²) in [4.78, 5) is 20.6. The van der Waals surface area contributed by atoms with Gasteiger partial charge < -0.3 is 14.0 Å². The summed E-state index contributed by atoms with van der Waals surface area (Å²) in [6, 6.07) is 15.1. The van der Waals surface area contributed by atoms with Crippen LogP contribution in [0.4, 0.5) is 4.39 Å². The zero-order chi connectivity index (χ0) is 20.8. The Morgan fingerprint density at radius 3 is 2.63 bits per heavy atom. The first-order chi connectivity index (χ1) is 14.7. The number of ether oxygens (including phenoxy) is 2. The number of nitrogens with zero attached hydrogens (tertiary/aromatic N) is 3. The molecule has 0 amide bonds. The number of halogens is 1. The number of carbonyl (C=O) groups is 1.